The molecule has 254 valence electrons. The highest BCUT2D eigenvalue weighted by atomic mass is 32.1. The van der Waals surface area contributed by atoms with E-state index in [1.807, 2.05) is 0 Å². The summed E-state index contributed by atoms with van der Waals surface area (Å²) in [6.45, 7) is 4.61. The summed E-state index contributed by atoms with van der Waals surface area (Å²) in [5.74, 6) is 0. The molecule has 48 heavy (non-hydrogen) atoms. The number of aryl methyl sites for hydroxylation is 2. The summed E-state index contributed by atoms with van der Waals surface area (Å²) >= 11 is 4.18. The van der Waals surface area contributed by atoms with Gasteiger partial charge in [-0.05, 0) is 70.1 Å². The molecule has 2 heteroatoms. The minimum Gasteiger partial charge on any atom is -0.140 e. The van der Waals surface area contributed by atoms with Gasteiger partial charge in [0.05, 0.1) is 0 Å². The topological polar surface area (TPSA) is 0 Å². The van der Waals surface area contributed by atoms with Gasteiger partial charge in [-0.25, -0.2) is 0 Å². The molecule has 5 aromatic carbocycles. The summed E-state index contributed by atoms with van der Waals surface area (Å²) in [6, 6.07) is 19.4. The van der Waals surface area contributed by atoms with Crippen LogP contribution in [-0.2, 0) is 12.8 Å². The molecule has 0 N–H and O–H groups in total. The Bertz CT molecular complexity index is 1870. The van der Waals surface area contributed by atoms with Crippen molar-refractivity contribution in [2.45, 2.75) is 155 Å². The summed E-state index contributed by atoms with van der Waals surface area (Å²) in [5.41, 5.74) is 0. The van der Waals surface area contributed by atoms with Crippen molar-refractivity contribution in [2.75, 3.05) is 0 Å². The van der Waals surface area contributed by atoms with Crippen molar-refractivity contribution in [3.63, 3.8) is 0 Å². The third-order valence-electron chi connectivity index (χ3n) is 11.3. The highest BCUT2D eigenvalue weighted by molar-refractivity contribution is 7.21. The van der Waals surface area contributed by atoms with Crippen LogP contribution in [0, 0.1) is 0 Å². The Labute approximate surface area is 298 Å². The molecule has 0 aliphatic heterocycles. The highest BCUT2D eigenvalue weighted by Crippen LogP contribution is 2.53. The van der Waals surface area contributed by atoms with Crippen LogP contribution < -0.4 is 0 Å². The van der Waals surface area contributed by atoms with Gasteiger partial charge in [-0.1, -0.05) is 166 Å². The molecule has 7 rings (SSSR count). The molecule has 7 aromatic rings. The molecule has 2 heterocycles. The Balaban J connectivity index is 1.06. The average Bonchev–Trinajstić information content (AvgIpc) is 3.85. The largest absolute Gasteiger partial charge is 0.140 e. The van der Waals surface area contributed by atoms with Crippen LogP contribution in [0.2, 0.25) is 0 Å². The van der Waals surface area contributed by atoms with E-state index in [1.54, 1.807) is 9.75 Å². The van der Waals surface area contributed by atoms with Gasteiger partial charge in [0.25, 0.3) is 0 Å². The van der Waals surface area contributed by atoms with Crippen LogP contribution in [0.4, 0.5) is 0 Å². The van der Waals surface area contributed by atoms with E-state index in [4.69, 9.17) is 0 Å². The van der Waals surface area contributed by atoms with Crippen LogP contribution in [0.15, 0.2) is 48.5 Å². The molecular formula is C46H58S2. The van der Waals surface area contributed by atoms with Crippen LogP contribution in [0.5, 0.6) is 0 Å². The molecule has 0 radical (unpaired) electrons. The quantitative estimate of drug-likeness (QED) is 0.0496. The predicted molar refractivity (Wildman–Crippen MR) is 221 cm³/mol. The molecule has 0 nitrogen and oxygen atoms in total. The zero-order valence-electron chi connectivity index (χ0n) is 30.0. The van der Waals surface area contributed by atoms with Crippen LogP contribution in [0.25, 0.3) is 63.3 Å². The highest BCUT2D eigenvalue weighted by Gasteiger charge is 2.23. The van der Waals surface area contributed by atoms with Gasteiger partial charge >= 0.3 is 0 Å². The first-order chi connectivity index (χ1) is 23.8. The van der Waals surface area contributed by atoms with E-state index in [0.29, 0.717) is 0 Å². The Morgan fingerprint density at radius 2 is 0.688 bits per heavy atom. The molecule has 0 aliphatic carbocycles. The Morgan fingerprint density at radius 1 is 0.354 bits per heavy atom. The Morgan fingerprint density at radius 3 is 1.06 bits per heavy atom. The van der Waals surface area contributed by atoms with Crippen LogP contribution in [0.1, 0.15) is 152 Å². The van der Waals surface area contributed by atoms with Crippen molar-refractivity contribution < 1.29 is 0 Å². The fourth-order valence-electron chi connectivity index (χ4n) is 8.73. The minimum absolute atomic E-state index is 1.24. The normalized spacial score (nSPS) is 12.5. The van der Waals surface area contributed by atoms with Gasteiger partial charge in [0.2, 0.25) is 0 Å². The van der Waals surface area contributed by atoms with Gasteiger partial charge in [0, 0.05) is 40.7 Å². The number of unbranched alkanes of at least 4 members (excludes halogenated alkanes) is 18. The van der Waals surface area contributed by atoms with Crippen molar-refractivity contribution in [3.05, 3.63) is 58.3 Å². The monoisotopic (exact) mass is 674 g/mol. The first kappa shape index (κ1) is 34.0. The number of fused-ring (bicyclic) bond motifs is 8. The second-order valence-corrected chi connectivity index (χ2v) is 17.3. The molecule has 0 saturated carbocycles. The van der Waals surface area contributed by atoms with Crippen LogP contribution >= 0.6 is 22.7 Å². The molecular weight excluding hydrogens is 617 g/mol. The van der Waals surface area contributed by atoms with Crippen molar-refractivity contribution in [3.8, 4) is 0 Å². The lowest BCUT2D eigenvalue weighted by Gasteiger charge is -2.08. The van der Waals surface area contributed by atoms with Crippen LogP contribution in [-0.4, -0.2) is 0 Å². The minimum atomic E-state index is 1.24. The van der Waals surface area contributed by atoms with E-state index in [1.165, 1.54) is 205 Å². The lowest BCUT2D eigenvalue weighted by molar-refractivity contribution is 0.557. The standard InChI is InChI=1S/C46H58S2/c1-3-5-7-9-11-13-15-17-19-21-25-33-31-39-35-27-23-30-38-41(35)43(45(39)47-33)37-29-24-28-36-40-32-34(48-46(40)44(38)42(36)37)26-22-20-18-16-14-12-10-8-6-4-2/h23-24,27-32H,3-22,25-26H2,1-2H3. The number of benzene rings is 3. The number of hydrogen-bond donors (Lipinski definition) is 0. The SMILES string of the molecule is CCCCCCCCCCCCc1cc2c3cccc4c3c(c3cccc5c6cc(CCCCCCCCCCCC)sc6c4c53)c2s1. The summed E-state index contributed by atoms with van der Waals surface area (Å²) in [4.78, 5) is 3.17. The number of rotatable bonds is 22. The van der Waals surface area contributed by atoms with E-state index in [-0.39, 0.29) is 0 Å². The van der Waals surface area contributed by atoms with Gasteiger partial charge < -0.3 is 0 Å². The molecule has 2 aromatic heterocycles. The third kappa shape index (κ3) is 7.09. The molecule has 0 saturated heterocycles. The van der Waals surface area contributed by atoms with Crippen molar-refractivity contribution in [2.24, 2.45) is 0 Å². The Hall–Kier alpha value is -2.42. The third-order valence-corrected chi connectivity index (χ3v) is 13.7. The fourth-order valence-corrected chi connectivity index (χ4v) is 11.3. The maximum absolute atomic E-state index is 2.56. The number of hydrogen-bond acceptors (Lipinski definition) is 2. The maximum Gasteiger partial charge on any atom is 0.0437 e. The van der Waals surface area contributed by atoms with Crippen LogP contribution in [0.3, 0.4) is 0 Å². The zero-order valence-corrected chi connectivity index (χ0v) is 31.6. The van der Waals surface area contributed by atoms with E-state index in [2.05, 4.69) is 85.1 Å². The van der Waals surface area contributed by atoms with E-state index >= 15 is 0 Å². The van der Waals surface area contributed by atoms with Gasteiger partial charge in [-0.15, -0.1) is 22.7 Å². The van der Waals surface area contributed by atoms with E-state index < -0.39 is 0 Å². The zero-order chi connectivity index (χ0) is 32.7. The average molecular weight is 675 g/mol. The van der Waals surface area contributed by atoms with Gasteiger partial charge in [-0.3, -0.25) is 0 Å². The lowest BCUT2D eigenvalue weighted by Crippen LogP contribution is -1.84. The smallest absolute Gasteiger partial charge is 0.0437 e. The molecule has 0 fully saturated rings. The van der Waals surface area contributed by atoms with E-state index in [9.17, 15) is 0 Å². The molecule has 0 amide bonds. The van der Waals surface area contributed by atoms with Crippen molar-refractivity contribution >= 4 is 85.9 Å². The molecule has 0 spiro atoms. The predicted octanol–water partition coefficient (Wildman–Crippen LogP) is 16.5. The van der Waals surface area contributed by atoms with Crippen molar-refractivity contribution in [1.82, 2.24) is 0 Å². The first-order valence-electron chi connectivity index (χ1n) is 20.1. The van der Waals surface area contributed by atoms with E-state index in [0.717, 1.165) is 0 Å². The fraction of sp³-hybridized carbons (Fsp3) is 0.522. The molecule has 0 aliphatic rings. The van der Waals surface area contributed by atoms with Gasteiger partial charge in [0.15, 0.2) is 0 Å². The second-order valence-electron chi connectivity index (χ2n) is 15.0. The number of thiophene rings is 2. The summed E-state index contributed by atoms with van der Waals surface area (Å²) in [7, 11) is 0. The van der Waals surface area contributed by atoms with Gasteiger partial charge in [-0.2, -0.15) is 0 Å². The summed E-state index contributed by atoms with van der Waals surface area (Å²) < 4.78 is 3.06. The first-order valence-corrected chi connectivity index (χ1v) is 21.7. The second kappa shape index (κ2) is 16.5. The van der Waals surface area contributed by atoms with Gasteiger partial charge in [0.1, 0.15) is 0 Å². The molecule has 0 bridgehead atoms. The summed E-state index contributed by atoms with van der Waals surface area (Å²) in [6.07, 6.45) is 30.6. The maximum atomic E-state index is 2.56. The van der Waals surface area contributed by atoms with Crippen molar-refractivity contribution in [1.29, 1.82) is 0 Å². The molecule has 0 unspecified atom stereocenters. The Kier molecular flexibility index (Phi) is 11.7. The summed E-state index contributed by atoms with van der Waals surface area (Å²) in [5, 5.41) is 15.0. The molecule has 0 atom stereocenters. The lowest BCUT2D eigenvalue weighted by atomic mass is 9.97.